The zero-order valence-corrected chi connectivity index (χ0v) is 18.5. The molecule has 0 amide bonds. The summed E-state index contributed by atoms with van der Waals surface area (Å²) in [7, 11) is 0. The van der Waals surface area contributed by atoms with Gasteiger partial charge in [-0.1, -0.05) is 54.6 Å². The quantitative estimate of drug-likeness (QED) is 0.405. The van der Waals surface area contributed by atoms with Crippen molar-refractivity contribution < 1.29 is 33.3 Å². The van der Waals surface area contributed by atoms with E-state index in [0.29, 0.717) is 16.7 Å². The van der Waals surface area contributed by atoms with Crippen molar-refractivity contribution in [2.45, 2.75) is 31.3 Å². The molecule has 174 valence electrons. The molecule has 7 heteroatoms. The van der Waals surface area contributed by atoms with Crippen LogP contribution in [0.25, 0.3) is 0 Å². The molecule has 4 rings (SSSR count). The van der Waals surface area contributed by atoms with E-state index in [9.17, 15) is 14.4 Å². The van der Waals surface area contributed by atoms with Gasteiger partial charge in [0.15, 0.2) is 18.3 Å². The van der Waals surface area contributed by atoms with Crippen LogP contribution in [-0.4, -0.2) is 48.9 Å². The summed E-state index contributed by atoms with van der Waals surface area (Å²) in [6.45, 7) is 1.69. The van der Waals surface area contributed by atoms with Crippen molar-refractivity contribution in [1.82, 2.24) is 0 Å². The lowest BCUT2D eigenvalue weighted by Crippen LogP contribution is -2.56. The highest BCUT2D eigenvalue weighted by Crippen LogP contribution is 2.26. The lowest BCUT2D eigenvalue weighted by atomic mass is 9.99. The Labute approximate surface area is 197 Å². The van der Waals surface area contributed by atoms with Crippen LogP contribution in [0.4, 0.5) is 0 Å². The van der Waals surface area contributed by atoms with Crippen LogP contribution in [0, 0.1) is 0 Å². The Kier molecular flexibility index (Phi) is 7.34. The van der Waals surface area contributed by atoms with Gasteiger partial charge in [-0.25, -0.2) is 14.4 Å². The van der Waals surface area contributed by atoms with E-state index in [-0.39, 0.29) is 6.61 Å². The monoisotopic (exact) mass is 460 g/mol. The van der Waals surface area contributed by atoms with Crippen LogP contribution in [0.3, 0.4) is 0 Å². The van der Waals surface area contributed by atoms with E-state index in [2.05, 4.69) is 0 Å². The Hall–Kier alpha value is -3.97. The molecule has 0 bridgehead atoms. The minimum atomic E-state index is -1.07. The number of esters is 3. The lowest BCUT2D eigenvalue weighted by Gasteiger charge is -2.39. The minimum Gasteiger partial charge on any atom is -0.452 e. The van der Waals surface area contributed by atoms with E-state index in [0.717, 1.165) is 0 Å². The van der Waals surface area contributed by atoms with E-state index in [1.165, 1.54) is 0 Å². The fourth-order valence-corrected chi connectivity index (χ4v) is 3.63. The topological polar surface area (TPSA) is 88.1 Å². The first-order chi connectivity index (χ1) is 16.5. The lowest BCUT2D eigenvalue weighted by molar-refractivity contribution is -0.185. The maximum Gasteiger partial charge on any atom is 0.338 e. The second-order valence-electron chi connectivity index (χ2n) is 7.82. The van der Waals surface area contributed by atoms with Crippen LogP contribution in [0.1, 0.15) is 38.0 Å². The highest BCUT2D eigenvalue weighted by Gasteiger charge is 2.46. The zero-order chi connectivity index (χ0) is 23.9. The third-order valence-corrected chi connectivity index (χ3v) is 5.45. The predicted octanol–water partition coefficient (Wildman–Crippen LogP) is 4.08. The summed E-state index contributed by atoms with van der Waals surface area (Å²) < 4.78 is 22.9. The van der Waals surface area contributed by atoms with Gasteiger partial charge in [0, 0.05) is 0 Å². The molecule has 1 fully saturated rings. The fourth-order valence-electron chi connectivity index (χ4n) is 3.63. The van der Waals surface area contributed by atoms with E-state index >= 15 is 0 Å². The largest absolute Gasteiger partial charge is 0.452 e. The van der Waals surface area contributed by atoms with Crippen LogP contribution in [0.15, 0.2) is 91.0 Å². The highest BCUT2D eigenvalue weighted by atomic mass is 16.6. The third-order valence-electron chi connectivity index (χ3n) is 5.45. The van der Waals surface area contributed by atoms with Gasteiger partial charge >= 0.3 is 17.9 Å². The molecule has 0 spiro atoms. The van der Waals surface area contributed by atoms with Crippen molar-refractivity contribution in [1.29, 1.82) is 0 Å². The van der Waals surface area contributed by atoms with Crippen LogP contribution in [-0.2, 0) is 18.9 Å². The summed E-state index contributed by atoms with van der Waals surface area (Å²) in [5.74, 6) is -1.82. The molecule has 1 aliphatic rings. The molecule has 1 aliphatic heterocycles. The summed E-state index contributed by atoms with van der Waals surface area (Å²) in [6.07, 6.45) is -3.66. The first kappa shape index (κ1) is 23.2. The maximum atomic E-state index is 12.9. The van der Waals surface area contributed by atoms with Gasteiger partial charge in [-0.05, 0) is 43.3 Å². The van der Waals surface area contributed by atoms with E-state index < -0.39 is 42.3 Å². The molecule has 0 aromatic heterocycles. The highest BCUT2D eigenvalue weighted by molar-refractivity contribution is 5.91. The van der Waals surface area contributed by atoms with Gasteiger partial charge in [0.2, 0.25) is 0 Å². The summed E-state index contributed by atoms with van der Waals surface area (Å²) in [4.78, 5) is 38.4. The second-order valence-corrected chi connectivity index (χ2v) is 7.82. The van der Waals surface area contributed by atoms with Gasteiger partial charge in [-0.2, -0.15) is 0 Å². The van der Waals surface area contributed by atoms with Gasteiger partial charge in [-0.15, -0.1) is 0 Å². The Morgan fingerprint density at radius 3 is 1.44 bits per heavy atom. The molecule has 1 unspecified atom stereocenters. The van der Waals surface area contributed by atoms with Crippen molar-refractivity contribution in [3.63, 3.8) is 0 Å². The van der Waals surface area contributed by atoms with E-state index in [1.807, 2.05) is 0 Å². The van der Waals surface area contributed by atoms with Crippen molar-refractivity contribution in [2.24, 2.45) is 0 Å². The Balaban J connectivity index is 1.59. The Bertz CT molecular complexity index is 1120. The zero-order valence-electron chi connectivity index (χ0n) is 18.5. The summed E-state index contributed by atoms with van der Waals surface area (Å²) in [6, 6.07) is 25.3. The smallest absolute Gasteiger partial charge is 0.338 e. The molecule has 7 nitrogen and oxygen atoms in total. The standard InChI is InChI=1S/C27H24O7/c1-18-23(33-26(29)20-13-7-3-8-14-20)24(34-27(30)21-15-9-4-10-16-21)22(17-31-18)32-25(28)19-11-5-2-6-12-19/h2-16,18,22-24H,17H2,1H3/t18?,22-,23+,24-/m0/s1. The number of ether oxygens (including phenoxy) is 4. The summed E-state index contributed by atoms with van der Waals surface area (Å²) in [5, 5.41) is 0. The predicted molar refractivity (Wildman–Crippen MR) is 122 cm³/mol. The number of benzene rings is 3. The first-order valence-corrected chi connectivity index (χ1v) is 10.9. The molecule has 34 heavy (non-hydrogen) atoms. The van der Waals surface area contributed by atoms with Gasteiger partial charge in [0.1, 0.15) is 0 Å². The minimum absolute atomic E-state index is 0.0220. The molecular weight excluding hydrogens is 436 g/mol. The molecule has 0 radical (unpaired) electrons. The Morgan fingerprint density at radius 2 is 1.00 bits per heavy atom. The van der Waals surface area contributed by atoms with Crippen molar-refractivity contribution >= 4 is 17.9 Å². The molecule has 0 N–H and O–H groups in total. The molecule has 1 saturated heterocycles. The SMILES string of the molecule is CC1OC[C@H](OC(=O)c2ccccc2)[C@H](OC(=O)c2ccccc2)[C@@H]1OC(=O)c1ccccc1. The molecule has 1 heterocycles. The van der Waals surface area contributed by atoms with Crippen molar-refractivity contribution in [2.75, 3.05) is 6.61 Å². The molecular formula is C27H24O7. The second kappa shape index (κ2) is 10.8. The van der Waals surface area contributed by atoms with Crippen LogP contribution in [0.2, 0.25) is 0 Å². The molecule has 3 aromatic carbocycles. The van der Waals surface area contributed by atoms with Crippen LogP contribution in [0.5, 0.6) is 0 Å². The van der Waals surface area contributed by atoms with E-state index in [1.54, 1.807) is 97.9 Å². The van der Waals surface area contributed by atoms with Crippen molar-refractivity contribution in [3.05, 3.63) is 108 Å². The normalized spacial score (nSPS) is 21.8. The number of carbonyl (C=O) groups excluding carboxylic acids is 3. The van der Waals surface area contributed by atoms with E-state index in [4.69, 9.17) is 18.9 Å². The summed E-state index contributed by atoms with van der Waals surface area (Å²) in [5.41, 5.74) is 1.00. The van der Waals surface area contributed by atoms with Crippen LogP contribution >= 0.6 is 0 Å². The van der Waals surface area contributed by atoms with Gasteiger partial charge in [0.25, 0.3) is 0 Å². The van der Waals surface area contributed by atoms with Crippen molar-refractivity contribution in [3.8, 4) is 0 Å². The number of hydrogen-bond acceptors (Lipinski definition) is 7. The first-order valence-electron chi connectivity index (χ1n) is 10.9. The third kappa shape index (κ3) is 5.50. The number of hydrogen-bond donors (Lipinski definition) is 0. The average molecular weight is 460 g/mol. The number of carbonyl (C=O) groups is 3. The van der Waals surface area contributed by atoms with Gasteiger partial charge in [-0.3, -0.25) is 0 Å². The van der Waals surface area contributed by atoms with Gasteiger partial charge < -0.3 is 18.9 Å². The summed E-state index contributed by atoms with van der Waals surface area (Å²) >= 11 is 0. The molecule has 4 atom stereocenters. The fraction of sp³-hybridized carbons (Fsp3) is 0.222. The van der Waals surface area contributed by atoms with Gasteiger partial charge in [0.05, 0.1) is 29.4 Å². The maximum absolute atomic E-state index is 12.9. The molecule has 3 aromatic rings. The average Bonchev–Trinajstić information content (AvgIpc) is 2.89. The number of rotatable bonds is 6. The van der Waals surface area contributed by atoms with Crippen LogP contribution < -0.4 is 0 Å². The molecule has 0 aliphatic carbocycles. The molecule has 0 saturated carbocycles. The Morgan fingerprint density at radius 1 is 0.618 bits per heavy atom.